The van der Waals surface area contributed by atoms with Gasteiger partial charge in [-0.3, -0.25) is 4.79 Å². The first-order valence-electron chi connectivity index (χ1n) is 4.97. The third-order valence-electron chi connectivity index (χ3n) is 2.31. The molecule has 1 aromatic rings. The summed E-state index contributed by atoms with van der Waals surface area (Å²) in [6.07, 6.45) is -4.14. The van der Waals surface area contributed by atoms with Crippen molar-refractivity contribution in [3.63, 3.8) is 0 Å². The minimum Gasteiger partial charge on any atom is -0.478 e. The molecule has 1 aromatic carbocycles. The number of aromatic carboxylic acids is 1. The summed E-state index contributed by atoms with van der Waals surface area (Å²) in [6, 6.07) is 3.37. The zero-order chi connectivity index (χ0) is 14.8. The first-order valence-corrected chi connectivity index (χ1v) is 4.97. The van der Waals surface area contributed by atoms with E-state index in [1.54, 1.807) is 5.32 Å². The number of rotatable bonds is 4. The Hall–Kier alpha value is -2.12. The number of aryl methyl sites for hydroxylation is 1. The summed E-state index contributed by atoms with van der Waals surface area (Å²) < 4.78 is 49.4. The highest BCUT2D eigenvalue weighted by atomic mass is 19.3. The van der Waals surface area contributed by atoms with Gasteiger partial charge < -0.3 is 10.4 Å². The van der Waals surface area contributed by atoms with Gasteiger partial charge in [0.2, 0.25) is 0 Å². The van der Waals surface area contributed by atoms with Crippen molar-refractivity contribution < 1.29 is 32.3 Å². The van der Waals surface area contributed by atoms with Crippen molar-refractivity contribution in [1.29, 1.82) is 0 Å². The van der Waals surface area contributed by atoms with E-state index in [1.165, 1.54) is 19.1 Å². The second-order valence-corrected chi connectivity index (χ2v) is 3.71. The number of hydrogen-bond acceptors (Lipinski definition) is 2. The minimum absolute atomic E-state index is 0.259. The summed E-state index contributed by atoms with van der Waals surface area (Å²) in [6.45, 7) is 1.40. The van der Waals surface area contributed by atoms with Crippen molar-refractivity contribution in [3.8, 4) is 0 Å². The van der Waals surface area contributed by atoms with Gasteiger partial charge in [-0.25, -0.2) is 13.6 Å². The molecule has 0 radical (unpaired) electrons. The Morgan fingerprint density at radius 2 is 1.89 bits per heavy atom. The number of anilines is 1. The maximum Gasteiger partial charge on any atom is 0.383 e. The van der Waals surface area contributed by atoms with E-state index in [1.807, 2.05) is 0 Å². The number of nitrogens with one attached hydrogen (secondary N) is 1. The maximum atomic E-state index is 12.7. The molecule has 104 valence electrons. The summed E-state index contributed by atoms with van der Waals surface area (Å²) in [5, 5.41) is 10.3. The molecule has 0 atom stereocenters. The first kappa shape index (κ1) is 14.9. The molecule has 0 fully saturated rings. The molecule has 0 aliphatic heterocycles. The van der Waals surface area contributed by atoms with Crippen LogP contribution in [0.3, 0.4) is 0 Å². The van der Waals surface area contributed by atoms with Crippen LogP contribution in [0.1, 0.15) is 15.9 Å². The van der Waals surface area contributed by atoms with E-state index in [0.717, 1.165) is 6.07 Å². The number of carboxylic acids is 1. The zero-order valence-corrected chi connectivity index (χ0v) is 9.58. The topological polar surface area (TPSA) is 66.4 Å². The van der Waals surface area contributed by atoms with E-state index < -0.39 is 24.2 Å². The molecular weight excluding hydrogens is 270 g/mol. The van der Waals surface area contributed by atoms with Crippen LogP contribution in [0.15, 0.2) is 18.2 Å². The summed E-state index contributed by atoms with van der Waals surface area (Å²) in [5.41, 5.74) is -0.255. The molecule has 0 aromatic heterocycles. The predicted octanol–water partition coefficient (Wildman–Crippen LogP) is 2.53. The van der Waals surface area contributed by atoms with Crippen molar-refractivity contribution >= 4 is 17.6 Å². The van der Waals surface area contributed by atoms with Crippen LogP contribution >= 0.6 is 0 Å². The van der Waals surface area contributed by atoms with Crippen LogP contribution < -0.4 is 5.32 Å². The van der Waals surface area contributed by atoms with Gasteiger partial charge in [-0.05, 0) is 24.6 Å². The Bertz CT molecular complexity index is 517. The second-order valence-electron chi connectivity index (χ2n) is 3.71. The second kappa shape index (κ2) is 5.25. The molecule has 8 heteroatoms. The van der Waals surface area contributed by atoms with Gasteiger partial charge in [0.05, 0.1) is 5.56 Å². The predicted molar refractivity (Wildman–Crippen MR) is 57.7 cm³/mol. The van der Waals surface area contributed by atoms with Crippen LogP contribution in [0.5, 0.6) is 0 Å². The van der Waals surface area contributed by atoms with Crippen LogP contribution in [0.4, 0.5) is 23.2 Å². The molecule has 1 rings (SSSR count). The third kappa shape index (κ3) is 3.21. The van der Waals surface area contributed by atoms with Gasteiger partial charge in [-0.2, -0.15) is 8.78 Å². The summed E-state index contributed by atoms with van der Waals surface area (Å²) >= 11 is 0. The number of amides is 1. The molecule has 0 aliphatic rings. The number of benzene rings is 1. The van der Waals surface area contributed by atoms with Gasteiger partial charge >= 0.3 is 24.2 Å². The molecule has 0 heterocycles. The lowest BCUT2D eigenvalue weighted by atomic mass is 10.1. The van der Waals surface area contributed by atoms with Crippen molar-refractivity contribution in [2.45, 2.75) is 19.3 Å². The molecule has 4 nitrogen and oxygen atoms in total. The molecule has 0 bridgehead atoms. The number of carbonyl (C=O) groups excluding carboxylic acids is 1. The number of carbonyl (C=O) groups is 2. The van der Waals surface area contributed by atoms with Gasteiger partial charge in [-0.15, -0.1) is 0 Å². The van der Waals surface area contributed by atoms with Crippen molar-refractivity contribution in [2.75, 3.05) is 5.32 Å². The van der Waals surface area contributed by atoms with Crippen LogP contribution in [0, 0.1) is 6.92 Å². The standard InChI is InChI=1S/C11H9F4NO3/c1-5-2-3-6(8(17)18)4-7(5)16-10(19)11(14,15)9(12)13/h2-4,9H,1H3,(H,16,19)(H,17,18). The average molecular weight is 279 g/mol. The van der Waals surface area contributed by atoms with Crippen LogP contribution in [-0.4, -0.2) is 29.3 Å². The Morgan fingerprint density at radius 3 is 2.37 bits per heavy atom. The monoisotopic (exact) mass is 279 g/mol. The highest BCUT2D eigenvalue weighted by Crippen LogP contribution is 2.26. The van der Waals surface area contributed by atoms with Gasteiger partial charge in [-0.1, -0.05) is 6.07 Å². The van der Waals surface area contributed by atoms with Crippen LogP contribution in [0.2, 0.25) is 0 Å². The average Bonchev–Trinajstić information content (AvgIpc) is 2.31. The Labute approximate surface area is 105 Å². The number of hydrogen-bond donors (Lipinski definition) is 2. The molecule has 0 aliphatic carbocycles. The molecule has 19 heavy (non-hydrogen) atoms. The lowest BCUT2D eigenvalue weighted by Crippen LogP contribution is -2.41. The molecule has 2 N–H and O–H groups in total. The van der Waals surface area contributed by atoms with Crippen LogP contribution in [0.25, 0.3) is 0 Å². The molecule has 0 unspecified atom stereocenters. The van der Waals surface area contributed by atoms with Gasteiger partial charge in [0.1, 0.15) is 0 Å². The number of alkyl halides is 4. The van der Waals surface area contributed by atoms with Gasteiger partial charge in [0.15, 0.2) is 0 Å². The Morgan fingerprint density at radius 1 is 1.32 bits per heavy atom. The van der Waals surface area contributed by atoms with Crippen molar-refractivity contribution in [2.24, 2.45) is 0 Å². The fourth-order valence-corrected chi connectivity index (χ4v) is 1.19. The molecule has 0 saturated heterocycles. The van der Waals surface area contributed by atoms with Crippen molar-refractivity contribution in [1.82, 2.24) is 0 Å². The maximum absolute atomic E-state index is 12.7. The van der Waals surface area contributed by atoms with E-state index >= 15 is 0 Å². The largest absolute Gasteiger partial charge is 0.478 e. The normalized spacial score (nSPS) is 11.5. The Balaban J connectivity index is 3.03. The van der Waals surface area contributed by atoms with E-state index in [2.05, 4.69) is 0 Å². The summed E-state index contributed by atoms with van der Waals surface area (Å²) in [4.78, 5) is 21.7. The smallest absolute Gasteiger partial charge is 0.383 e. The third-order valence-corrected chi connectivity index (χ3v) is 2.31. The highest BCUT2D eigenvalue weighted by Gasteiger charge is 2.49. The first-order chi connectivity index (χ1) is 8.66. The SMILES string of the molecule is Cc1ccc(C(=O)O)cc1NC(=O)C(F)(F)C(F)F. The minimum atomic E-state index is -4.84. The van der Waals surface area contributed by atoms with Gasteiger partial charge in [0, 0.05) is 5.69 Å². The fourth-order valence-electron chi connectivity index (χ4n) is 1.19. The fraction of sp³-hybridized carbons (Fsp3) is 0.273. The lowest BCUT2D eigenvalue weighted by Gasteiger charge is -2.16. The van der Waals surface area contributed by atoms with E-state index in [4.69, 9.17) is 5.11 Å². The molecule has 1 amide bonds. The van der Waals surface area contributed by atoms with Gasteiger partial charge in [0.25, 0.3) is 0 Å². The highest BCUT2D eigenvalue weighted by molar-refractivity contribution is 5.98. The molecule has 0 saturated carbocycles. The molecular formula is C11H9F4NO3. The Kier molecular flexibility index (Phi) is 4.13. The van der Waals surface area contributed by atoms with E-state index in [-0.39, 0.29) is 16.8 Å². The quantitative estimate of drug-likeness (QED) is 0.832. The lowest BCUT2D eigenvalue weighted by molar-refractivity contribution is -0.163. The summed E-state index contributed by atoms with van der Waals surface area (Å²) in [5.74, 6) is -8.37. The number of carboxylic acid groups (broad SMARTS) is 1. The van der Waals surface area contributed by atoms with E-state index in [0.29, 0.717) is 0 Å². The number of halogens is 4. The molecule has 0 spiro atoms. The summed E-state index contributed by atoms with van der Waals surface area (Å²) in [7, 11) is 0. The van der Waals surface area contributed by atoms with E-state index in [9.17, 15) is 27.2 Å². The van der Waals surface area contributed by atoms with Crippen LogP contribution in [-0.2, 0) is 4.79 Å². The van der Waals surface area contributed by atoms with Crippen molar-refractivity contribution in [3.05, 3.63) is 29.3 Å². The zero-order valence-electron chi connectivity index (χ0n) is 9.58.